The Morgan fingerprint density at radius 1 is 0.944 bits per heavy atom. The maximum Gasteiger partial charge on any atom is 0.308 e. The standard InChI is InChI=1S/C29H29N3O4/c1-21-9-8-14-25-28(21)31-20-32(29(25)35)18-16-27(34)36-19-26(33)30-17-15-24(22-10-4-2-5-11-22)23-12-6-3-7-13-23/h2-14,20,24H,15-19H2,1H3,(H,30,33). The van der Waals surface area contributed by atoms with E-state index in [0.717, 1.165) is 5.56 Å². The number of aryl methyl sites for hydroxylation is 2. The summed E-state index contributed by atoms with van der Waals surface area (Å²) in [6.45, 7) is 2.11. The molecule has 0 radical (unpaired) electrons. The number of hydrogen-bond acceptors (Lipinski definition) is 5. The Bertz CT molecular complexity index is 1340. The van der Waals surface area contributed by atoms with E-state index in [0.29, 0.717) is 23.9 Å². The van der Waals surface area contributed by atoms with Crippen LogP contribution in [0.3, 0.4) is 0 Å². The number of carbonyl (C=O) groups is 2. The van der Waals surface area contributed by atoms with Crippen LogP contribution in [0.5, 0.6) is 0 Å². The van der Waals surface area contributed by atoms with Crippen molar-refractivity contribution in [2.24, 2.45) is 0 Å². The smallest absolute Gasteiger partial charge is 0.308 e. The Balaban J connectivity index is 1.24. The van der Waals surface area contributed by atoms with Crippen molar-refractivity contribution in [1.82, 2.24) is 14.9 Å². The van der Waals surface area contributed by atoms with Crippen LogP contribution < -0.4 is 10.9 Å². The van der Waals surface area contributed by atoms with Gasteiger partial charge in [-0.2, -0.15) is 0 Å². The third-order valence-corrected chi connectivity index (χ3v) is 6.14. The number of aromatic nitrogens is 2. The van der Waals surface area contributed by atoms with Gasteiger partial charge in [0.15, 0.2) is 6.61 Å². The highest BCUT2D eigenvalue weighted by molar-refractivity contribution is 5.81. The molecule has 1 amide bonds. The van der Waals surface area contributed by atoms with Crippen molar-refractivity contribution in [2.75, 3.05) is 13.2 Å². The number of nitrogens with one attached hydrogen (secondary N) is 1. The molecule has 4 rings (SSSR count). The normalized spacial score (nSPS) is 10.9. The number of rotatable bonds is 10. The number of nitrogens with zero attached hydrogens (tertiary/aromatic N) is 2. The van der Waals surface area contributed by atoms with Crippen LogP contribution in [0.15, 0.2) is 90.0 Å². The molecule has 1 N–H and O–H groups in total. The Morgan fingerprint density at radius 2 is 1.61 bits per heavy atom. The summed E-state index contributed by atoms with van der Waals surface area (Å²) in [7, 11) is 0. The second-order valence-electron chi connectivity index (χ2n) is 8.64. The van der Waals surface area contributed by atoms with Crippen LogP contribution >= 0.6 is 0 Å². The van der Waals surface area contributed by atoms with E-state index < -0.39 is 5.97 Å². The lowest BCUT2D eigenvalue weighted by Crippen LogP contribution is -2.31. The molecule has 0 spiro atoms. The van der Waals surface area contributed by atoms with Gasteiger partial charge in [0.2, 0.25) is 0 Å². The molecule has 0 aliphatic carbocycles. The molecule has 0 aliphatic heterocycles. The number of hydrogen-bond donors (Lipinski definition) is 1. The number of ether oxygens (including phenoxy) is 1. The first-order valence-corrected chi connectivity index (χ1v) is 12.0. The fourth-order valence-corrected chi connectivity index (χ4v) is 4.23. The minimum atomic E-state index is -0.548. The largest absolute Gasteiger partial charge is 0.456 e. The molecule has 0 saturated carbocycles. The second-order valence-corrected chi connectivity index (χ2v) is 8.64. The van der Waals surface area contributed by atoms with E-state index in [-0.39, 0.29) is 37.0 Å². The molecule has 7 nitrogen and oxygen atoms in total. The topological polar surface area (TPSA) is 90.3 Å². The van der Waals surface area contributed by atoms with Gasteiger partial charge >= 0.3 is 5.97 Å². The quantitative estimate of drug-likeness (QED) is 0.345. The van der Waals surface area contributed by atoms with Crippen LogP contribution in [0.1, 0.15) is 35.4 Å². The maximum atomic E-state index is 12.6. The molecule has 7 heteroatoms. The molecule has 3 aromatic carbocycles. The minimum Gasteiger partial charge on any atom is -0.456 e. The Morgan fingerprint density at radius 3 is 2.28 bits per heavy atom. The summed E-state index contributed by atoms with van der Waals surface area (Å²) in [4.78, 5) is 41.4. The number of fused-ring (bicyclic) bond motifs is 1. The monoisotopic (exact) mass is 483 g/mol. The Labute approximate surface area is 209 Å². The van der Waals surface area contributed by atoms with Crippen LogP contribution in [0.25, 0.3) is 10.9 Å². The molecule has 0 saturated heterocycles. The van der Waals surface area contributed by atoms with Crippen molar-refractivity contribution in [3.63, 3.8) is 0 Å². The summed E-state index contributed by atoms with van der Waals surface area (Å²) in [5.74, 6) is -0.760. The van der Waals surface area contributed by atoms with Gasteiger partial charge in [-0.3, -0.25) is 19.0 Å². The number of carbonyl (C=O) groups excluding carboxylic acids is 2. The predicted molar refractivity (Wildman–Crippen MR) is 139 cm³/mol. The van der Waals surface area contributed by atoms with Crippen molar-refractivity contribution < 1.29 is 14.3 Å². The highest BCUT2D eigenvalue weighted by Gasteiger charge is 2.15. The first-order chi connectivity index (χ1) is 17.5. The third kappa shape index (κ3) is 6.24. The first-order valence-electron chi connectivity index (χ1n) is 12.0. The molecule has 0 bridgehead atoms. The van der Waals surface area contributed by atoms with Crippen molar-refractivity contribution in [3.8, 4) is 0 Å². The van der Waals surface area contributed by atoms with Gasteiger partial charge in [0.05, 0.1) is 23.7 Å². The lowest BCUT2D eigenvalue weighted by atomic mass is 9.88. The second kappa shape index (κ2) is 11.9. The van der Waals surface area contributed by atoms with E-state index in [2.05, 4.69) is 34.6 Å². The van der Waals surface area contributed by atoms with Crippen molar-refractivity contribution in [2.45, 2.75) is 32.2 Å². The fraction of sp³-hybridized carbons (Fsp3) is 0.241. The van der Waals surface area contributed by atoms with Crippen LogP contribution in [-0.4, -0.2) is 34.6 Å². The zero-order chi connectivity index (χ0) is 25.3. The molecular weight excluding hydrogens is 454 g/mol. The van der Waals surface area contributed by atoms with Gasteiger partial charge in [0.1, 0.15) is 0 Å². The lowest BCUT2D eigenvalue weighted by Gasteiger charge is -2.18. The van der Waals surface area contributed by atoms with E-state index in [4.69, 9.17) is 4.74 Å². The lowest BCUT2D eigenvalue weighted by molar-refractivity contribution is -0.148. The predicted octanol–water partition coefficient (Wildman–Crippen LogP) is 3.98. The van der Waals surface area contributed by atoms with Gasteiger partial charge in [-0.1, -0.05) is 72.8 Å². The molecular formula is C29H29N3O4. The number of esters is 1. The van der Waals surface area contributed by atoms with E-state index in [1.807, 2.05) is 49.4 Å². The van der Waals surface area contributed by atoms with Gasteiger partial charge in [-0.25, -0.2) is 4.98 Å². The zero-order valence-corrected chi connectivity index (χ0v) is 20.2. The Kier molecular flexibility index (Phi) is 8.24. The molecule has 4 aromatic rings. The zero-order valence-electron chi connectivity index (χ0n) is 20.2. The molecule has 184 valence electrons. The molecule has 0 aliphatic rings. The van der Waals surface area contributed by atoms with Crippen LogP contribution in [0, 0.1) is 6.92 Å². The summed E-state index contributed by atoms with van der Waals surface area (Å²) in [6, 6.07) is 25.7. The maximum absolute atomic E-state index is 12.6. The summed E-state index contributed by atoms with van der Waals surface area (Å²) in [5, 5.41) is 3.34. The molecule has 0 fully saturated rings. The third-order valence-electron chi connectivity index (χ3n) is 6.14. The Hall–Kier alpha value is -4.26. The molecule has 0 unspecified atom stereocenters. The van der Waals surface area contributed by atoms with Crippen LogP contribution in [0.2, 0.25) is 0 Å². The summed E-state index contributed by atoms with van der Waals surface area (Å²) in [5.41, 5.74) is 3.72. The van der Waals surface area contributed by atoms with E-state index in [9.17, 15) is 14.4 Å². The fourth-order valence-electron chi connectivity index (χ4n) is 4.23. The summed E-state index contributed by atoms with van der Waals surface area (Å²) < 4.78 is 6.50. The summed E-state index contributed by atoms with van der Waals surface area (Å²) >= 11 is 0. The number of para-hydroxylation sites is 1. The number of amides is 1. The minimum absolute atomic E-state index is 0.0315. The molecule has 1 aromatic heterocycles. The molecule has 36 heavy (non-hydrogen) atoms. The molecule has 0 atom stereocenters. The van der Waals surface area contributed by atoms with E-state index in [1.54, 1.807) is 12.1 Å². The van der Waals surface area contributed by atoms with Gasteiger partial charge in [0, 0.05) is 19.0 Å². The van der Waals surface area contributed by atoms with Gasteiger partial charge < -0.3 is 10.1 Å². The highest BCUT2D eigenvalue weighted by Crippen LogP contribution is 2.27. The first kappa shape index (κ1) is 24.9. The average molecular weight is 484 g/mol. The van der Waals surface area contributed by atoms with Crippen molar-refractivity contribution >= 4 is 22.8 Å². The van der Waals surface area contributed by atoms with Gasteiger partial charge in [-0.05, 0) is 36.1 Å². The van der Waals surface area contributed by atoms with Gasteiger partial charge in [0.25, 0.3) is 11.5 Å². The number of benzene rings is 3. The average Bonchev–Trinajstić information content (AvgIpc) is 2.91. The van der Waals surface area contributed by atoms with Crippen LogP contribution in [-0.2, 0) is 20.9 Å². The molecule has 1 heterocycles. The summed E-state index contributed by atoms with van der Waals surface area (Å²) in [6.07, 6.45) is 2.12. The SMILES string of the molecule is Cc1cccc2c(=O)n(CCC(=O)OCC(=O)NCCC(c3ccccc3)c3ccccc3)cnc12. The van der Waals surface area contributed by atoms with E-state index >= 15 is 0 Å². The van der Waals surface area contributed by atoms with Crippen LogP contribution in [0.4, 0.5) is 0 Å². The van der Waals surface area contributed by atoms with E-state index in [1.165, 1.54) is 22.0 Å². The highest BCUT2D eigenvalue weighted by atomic mass is 16.5. The van der Waals surface area contributed by atoms with Crippen molar-refractivity contribution in [3.05, 3.63) is 112 Å². The van der Waals surface area contributed by atoms with Crippen molar-refractivity contribution in [1.29, 1.82) is 0 Å². The van der Waals surface area contributed by atoms with Gasteiger partial charge in [-0.15, -0.1) is 0 Å².